The summed E-state index contributed by atoms with van der Waals surface area (Å²) in [6.45, 7) is 2.66. The number of fused-ring (bicyclic) bond motifs is 1. The number of hydrogen-bond donors (Lipinski definition) is 1. The van der Waals surface area contributed by atoms with E-state index >= 15 is 0 Å². The van der Waals surface area contributed by atoms with Gasteiger partial charge in [-0.05, 0) is 32.0 Å². The Kier molecular flexibility index (Phi) is 4.26. The van der Waals surface area contributed by atoms with Crippen LogP contribution in [0.25, 0.3) is 10.9 Å². The third-order valence-electron chi connectivity index (χ3n) is 3.66. The molecular weight excluding hydrogens is 355 g/mol. The molecule has 2 heterocycles. The van der Waals surface area contributed by atoms with Crippen molar-refractivity contribution in [3.8, 4) is 0 Å². The third kappa shape index (κ3) is 3.30. The van der Waals surface area contributed by atoms with E-state index in [0.29, 0.717) is 5.69 Å². The largest absolute Gasteiger partial charge is 0.454 e. The van der Waals surface area contributed by atoms with E-state index in [4.69, 9.17) is 9.26 Å². The first-order chi connectivity index (χ1) is 12.2. The summed E-state index contributed by atoms with van der Waals surface area (Å²) >= 11 is 0. The summed E-state index contributed by atoms with van der Waals surface area (Å²) in [5.41, 5.74) is -1.23. The number of nitrogens with one attached hydrogen (secondary N) is 1. The van der Waals surface area contributed by atoms with Gasteiger partial charge < -0.3 is 14.2 Å². The van der Waals surface area contributed by atoms with Crippen molar-refractivity contribution in [3.63, 3.8) is 0 Å². The van der Waals surface area contributed by atoms with E-state index in [9.17, 15) is 22.8 Å². The lowest BCUT2D eigenvalue weighted by Crippen LogP contribution is -2.16. The zero-order valence-electron chi connectivity index (χ0n) is 13.6. The summed E-state index contributed by atoms with van der Waals surface area (Å²) in [7, 11) is 0. The van der Waals surface area contributed by atoms with E-state index in [-0.39, 0.29) is 28.1 Å². The standard InChI is InChI=1S/C16H12F3N3O4/c1-7-13(8(2)26-22-7)15(24)25-6-12-20-11-5-9(16(17,18)19)3-4-10(11)14(23)21-12/h3-5H,6H2,1-2H3,(H,20,21,23). The van der Waals surface area contributed by atoms with E-state index in [1.54, 1.807) is 6.92 Å². The van der Waals surface area contributed by atoms with Crippen LogP contribution >= 0.6 is 0 Å². The topological polar surface area (TPSA) is 98.1 Å². The predicted molar refractivity (Wildman–Crippen MR) is 82.5 cm³/mol. The molecule has 0 radical (unpaired) electrons. The molecule has 0 saturated heterocycles. The lowest BCUT2D eigenvalue weighted by molar-refractivity contribution is -0.137. The van der Waals surface area contributed by atoms with Crippen molar-refractivity contribution in [3.05, 3.63) is 57.0 Å². The van der Waals surface area contributed by atoms with E-state index in [0.717, 1.165) is 18.2 Å². The van der Waals surface area contributed by atoms with Crippen LogP contribution in [0.5, 0.6) is 0 Å². The van der Waals surface area contributed by atoms with Gasteiger partial charge in [-0.2, -0.15) is 13.2 Å². The molecule has 1 aromatic carbocycles. The average Bonchev–Trinajstić information content (AvgIpc) is 2.90. The number of alkyl halides is 3. The first kappa shape index (κ1) is 17.6. The van der Waals surface area contributed by atoms with E-state index in [2.05, 4.69) is 15.1 Å². The van der Waals surface area contributed by atoms with Crippen molar-refractivity contribution < 1.29 is 27.2 Å². The number of aryl methyl sites for hydroxylation is 2. The van der Waals surface area contributed by atoms with Gasteiger partial charge in [0.2, 0.25) is 0 Å². The second-order valence-electron chi connectivity index (χ2n) is 5.52. The predicted octanol–water partition coefficient (Wildman–Crippen LogP) is 2.90. The molecule has 136 valence electrons. The Morgan fingerprint density at radius 3 is 2.65 bits per heavy atom. The van der Waals surface area contributed by atoms with Crippen molar-refractivity contribution in [2.24, 2.45) is 0 Å². The lowest BCUT2D eigenvalue weighted by atomic mass is 10.1. The Labute approximate surface area is 143 Å². The van der Waals surface area contributed by atoms with Gasteiger partial charge in [0.25, 0.3) is 5.56 Å². The van der Waals surface area contributed by atoms with Gasteiger partial charge in [0.05, 0.1) is 22.2 Å². The maximum absolute atomic E-state index is 12.8. The second-order valence-corrected chi connectivity index (χ2v) is 5.52. The number of rotatable bonds is 3. The molecule has 0 aliphatic heterocycles. The van der Waals surface area contributed by atoms with Gasteiger partial charge in [0.15, 0.2) is 0 Å². The monoisotopic (exact) mass is 367 g/mol. The SMILES string of the molecule is Cc1noc(C)c1C(=O)OCc1nc2cc(C(F)(F)F)ccc2c(=O)[nH]1. The summed E-state index contributed by atoms with van der Waals surface area (Å²) < 4.78 is 48.3. The molecule has 2 aromatic heterocycles. The molecule has 0 spiro atoms. The van der Waals surface area contributed by atoms with E-state index in [1.165, 1.54) is 6.92 Å². The number of halogens is 3. The Morgan fingerprint density at radius 2 is 2.04 bits per heavy atom. The Hall–Kier alpha value is -3.17. The van der Waals surface area contributed by atoms with Crippen LogP contribution in [0, 0.1) is 13.8 Å². The fraction of sp³-hybridized carbons (Fsp3) is 0.250. The molecule has 7 nitrogen and oxygen atoms in total. The van der Waals surface area contributed by atoms with Gasteiger partial charge in [-0.1, -0.05) is 5.16 Å². The van der Waals surface area contributed by atoms with Crippen molar-refractivity contribution in [1.29, 1.82) is 0 Å². The number of ether oxygens (including phenoxy) is 1. The fourth-order valence-corrected chi connectivity index (χ4v) is 2.41. The molecule has 3 aromatic rings. The first-order valence-corrected chi connectivity index (χ1v) is 7.37. The number of carbonyl (C=O) groups is 1. The molecule has 0 fully saturated rings. The van der Waals surface area contributed by atoms with Crippen LogP contribution in [-0.4, -0.2) is 21.1 Å². The van der Waals surface area contributed by atoms with Gasteiger partial charge in [0, 0.05) is 0 Å². The molecule has 0 aliphatic carbocycles. The highest BCUT2D eigenvalue weighted by Crippen LogP contribution is 2.30. The van der Waals surface area contributed by atoms with E-state index < -0.39 is 29.9 Å². The molecule has 1 N–H and O–H groups in total. The Balaban J connectivity index is 1.88. The number of esters is 1. The normalized spacial score (nSPS) is 11.7. The Bertz CT molecular complexity index is 1030. The van der Waals surface area contributed by atoms with Gasteiger partial charge >= 0.3 is 12.1 Å². The van der Waals surface area contributed by atoms with Crippen LogP contribution in [0.1, 0.15) is 33.2 Å². The number of carbonyl (C=O) groups excluding carboxylic acids is 1. The minimum absolute atomic E-state index is 0.00111. The maximum Gasteiger partial charge on any atom is 0.416 e. The van der Waals surface area contributed by atoms with Crippen molar-refractivity contribution >= 4 is 16.9 Å². The summed E-state index contributed by atoms with van der Waals surface area (Å²) in [5.74, 6) is -0.558. The highest BCUT2D eigenvalue weighted by Gasteiger charge is 2.30. The number of aromatic amines is 1. The van der Waals surface area contributed by atoms with Crippen LogP contribution in [0.2, 0.25) is 0 Å². The van der Waals surface area contributed by atoms with Gasteiger partial charge in [0.1, 0.15) is 23.8 Å². The summed E-state index contributed by atoms with van der Waals surface area (Å²) in [4.78, 5) is 30.4. The lowest BCUT2D eigenvalue weighted by Gasteiger charge is -2.08. The maximum atomic E-state index is 12.8. The van der Waals surface area contributed by atoms with Crippen molar-refractivity contribution in [2.75, 3.05) is 0 Å². The van der Waals surface area contributed by atoms with Crippen LogP contribution in [-0.2, 0) is 17.5 Å². The minimum atomic E-state index is -4.56. The van der Waals surface area contributed by atoms with Gasteiger partial charge in [-0.15, -0.1) is 0 Å². The Morgan fingerprint density at radius 1 is 1.31 bits per heavy atom. The number of nitrogens with zero attached hydrogens (tertiary/aromatic N) is 2. The highest BCUT2D eigenvalue weighted by molar-refractivity contribution is 5.91. The molecule has 0 bridgehead atoms. The highest BCUT2D eigenvalue weighted by atomic mass is 19.4. The molecule has 0 unspecified atom stereocenters. The van der Waals surface area contributed by atoms with Crippen LogP contribution in [0.4, 0.5) is 13.2 Å². The van der Waals surface area contributed by atoms with E-state index in [1.807, 2.05) is 0 Å². The summed E-state index contributed by atoms with van der Waals surface area (Å²) in [6, 6.07) is 2.62. The number of H-pyrrole nitrogens is 1. The molecular formula is C16H12F3N3O4. The molecule has 3 rings (SSSR count). The van der Waals surface area contributed by atoms with Gasteiger partial charge in [-0.3, -0.25) is 4.79 Å². The molecule has 10 heteroatoms. The molecule has 0 amide bonds. The molecule has 0 atom stereocenters. The smallest absolute Gasteiger partial charge is 0.416 e. The van der Waals surface area contributed by atoms with Crippen LogP contribution in [0.3, 0.4) is 0 Å². The minimum Gasteiger partial charge on any atom is -0.454 e. The fourth-order valence-electron chi connectivity index (χ4n) is 2.41. The number of aromatic nitrogens is 3. The molecule has 0 saturated carbocycles. The third-order valence-corrected chi connectivity index (χ3v) is 3.66. The average molecular weight is 367 g/mol. The summed E-state index contributed by atoms with van der Waals surface area (Å²) in [5, 5.41) is 3.62. The zero-order valence-corrected chi connectivity index (χ0v) is 13.6. The summed E-state index contributed by atoms with van der Waals surface area (Å²) in [6.07, 6.45) is -4.56. The van der Waals surface area contributed by atoms with Crippen LogP contribution in [0.15, 0.2) is 27.5 Å². The molecule has 26 heavy (non-hydrogen) atoms. The van der Waals surface area contributed by atoms with Crippen molar-refractivity contribution in [2.45, 2.75) is 26.6 Å². The number of benzene rings is 1. The van der Waals surface area contributed by atoms with Gasteiger partial charge in [-0.25, -0.2) is 9.78 Å². The van der Waals surface area contributed by atoms with Crippen molar-refractivity contribution in [1.82, 2.24) is 15.1 Å². The molecule has 0 aliphatic rings. The van der Waals surface area contributed by atoms with Crippen LogP contribution < -0.4 is 5.56 Å². The quantitative estimate of drug-likeness (QED) is 0.715. The number of hydrogen-bond acceptors (Lipinski definition) is 6. The zero-order chi connectivity index (χ0) is 19.1. The second kappa shape index (κ2) is 6.28. The first-order valence-electron chi connectivity index (χ1n) is 7.37.